The van der Waals surface area contributed by atoms with Crippen molar-refractivity contribution < 1.29 is 25.2 Å². The van der Waals surface area contributed by atoms with Gasteiger partial charge in [-0.1, -0.05) is 6.08 Å². The maximum absolute atomic E-state index is 9.53. The Hall–Kier alpha value is -0.500. The number of aliphatic hydroxyl groups is 4. The smallest absolute Gasteiger partial charge is 0.137 e. The van der Waals surface area contributed by atoms with E-state index in [0.717, 1.165) is 0 Å². The van der Waals surface area contributed by atoms with Gasteiger partial charge in [0.05, 0.1) is 6.61 Å². The van der Waals surface area contributed by atoms with E-state index in [1.165, 1.54) is 0 Å². The minimum absolute atomic E-state index is 0.392. The Morgan fingerprint density at radius 1 is 1.20 bits per heavy atom. The Balaban J connectivity index is 2.60. The maximum atomic E-state index is 9.53. The quantitative estimate of drug-likeness (QED) is 0.337. The topological polar surface area (TPSA) is 102 Å². The Morgan fingerprint density at radius 2 is 1.87 bits per heavy atom. The maximum Gasteiger partial charge on any atom is 0.137 e. The fourth-order valence-electron chi connectivity index (χ4n) is 1.47. The number of aliphatic hydroxyl groups excluding tert-OH is 4. The Morgan fingerprint density at radius 3 is 2.40 bits per heavy atom. The van der Waals surface area contributed by atoms with Crippen LogP contribution in [0.15, 0.2) is 12.7 Å². The van der Waals surface area contributed by atoms with Gasteiger partial charge in [0.25, 0.3) is 0 Å². The average Bonchev–Trinajstić information content (AvgIpc) is 2.25. The number of rotatable bonds is 4. The average molecular weight is 219 g/mol. The summed E-state index contributed by atoms with van der Waals surface area (Å²) in [6.07, 6.45) is -4.00. The van der Waals surface area contributed by atoms with Crippen LogP contribution in [0.2, 0.25) is 0 Å². The summed E-state index contributed by atoms with van der Waals surface area (Å²) < 4.78 is 5.16. The third kappa shape index (κ3) is 2.75. The highest BCUT2D eigenvalue weighted by Gasteiger charge is 2.42. The summed E-state index contributed by atoms with van der Waals surface area (Å²) in [5, 5.41) is 40.0. The second-order valence-corrected chi connectivity index (χ2v) is 3.45. The molecule has 1 saturated heterocycles. The third-order valence-corrected chi connectivity index (χ3v) is 2.36. The van der Waals surface area contributed by atoms with Gasteiger partial charge in [0.1, 0.15) is 30.6 Å². The zero-order valence-corrected chi connectivity index (χ0v) is 8.28. The van der Waals surface area contributed by atoms with Crippen molar-refractivity contribution in [3.05, 3.63) is 12.7 Å². The van der Waals surface area contributed by atoms with Crippen LogP contribution >= 0.6 is 0 Å². The molecule has 1 aliphatic heterocycles. The zero-order chi connectivity index (χ0) is 11.4. The fourth-order valence-corrected chi connectivity index (χ4v) is 1.47. The normalized spacial score (nSPS) is 41.5. The van der Waals surface area contributed by atoms with Crippen LogP contribution in [-0.4, -0.2) is 64.2 Å². The van der Waals surface area contributed by atoms with Crippen molar-refractivity contribution in [2.45, 2.75) is 30.6 Å². The van der Waals surface area contributed by atoms with E-state index in [4.69, 9.17) is 9.84 Å². The largest absolute Gasteiger partial charge is 0.394 e. The van der Waals surface area contributed by atoms with Gasteiger partial charge in [0.2, 0.25) is 0 Å². The van der Waals surface area contributed by atoms with Crippen LogP contribution in [0.25, 0.3) is 0 Å². The first-order chi connectivity index (χ1) is 7.11. The first-order valence-corrected chi connectivity index (χ1v) is 4.76. The van der Waals surface area contributed by atoms with Crippen LogP contribution in [0.3, 0.4) is 0 Å². The van der Waals surface area contributed by atoms with Crippen molar-refractivity contribution in [1.82, 2.24) is 5.32 Å². The fraction of sp³-hybridized carbons (Fsp3) is 0.778. The Labute approximate surface area is 87.8 Å². The van der Waals surface area contributed by atoms with Crippen molar-refractivity contribution in [2.75, 3.05) is 13.2 Å². The molecule has 88 valence electrons. The molecule has 0 amide bonds. The number of hydrogen-bond donors (Lipinski definition) is 5. The molecule has 1 unspecified atom stereocenters. The van der Waals surface area contributed by atoms with Gasteiger partial charge in [0.15, 0.2) is 0 Å². The van der Waals surface area contributed by atoms with E-state index < -0.39 is 37.3 Å². The van der Waals surface area contributed by atoms with E-state index in [-0.39, 0.29) is 0 Å². The summed E-state index contributed by atoms with van der Waals surface area (Å²) in [6, 6.07) is 0. The second kappa shape index (κ2) is 5.55. The molecule has 0 aliphatic carbocycles. The molecule has 6 heteroatoms. The molecular formula is C9H17NO5. The van der Waals surface area contributed by atoms with Crippen molar-refractivity contribution >= 4 is 0 Å². The van der Waals surface area contributed by atoms with E-state index in [2.05, 4.69) is 11.9 Å². The lowest BCUT2D eigenvalue weighted by molar-refractivity contribution is -0.235. The van der Waals surface area contributed by atoms with Gasteiger partial charge in [-0.15, -0.1) is 6.58 Å². The van der Waals surface area contributed by atoms with E-state index in [1.807, 2.05) is 0 Å². The van der Waals surface area contributed by atoms with Crippen molar-refractivity contribution in [3.8, 4) is 0 Å². The molecule has 0 spiro atoms. The Kier molecular flexibility index (Phi) is 4.65. The standard InChI is InChI=1S/C9H17NO5/c1-2-3-10-9-8(14)7(13)6(12)5(4-11)15-9/h2,5-14H,1,3-4H2/t5-,6+,7+,8-,9?/m1/s1. The van der Waals surface area contributed by atoms with Crippen LogP contribution in [0.4, 0.5) is 0 Å². The molecule has 6 nitrogen and oxygen atoms in total. The van der Waals surface area contributed by atoms with Crippen LogP contribution in [0.1, 0.15) is 0 Å². The highest BCUT2D eigenvalue weighted by atomic mass is 16.6. The third-order valence-electron chi connectivity index (χ3n) is 2.36. The summed E-state index contributed by atoms with van der Waals surface area (Å²) in [4.78, 5) is 0. The van der Waals surface area contributed by atoms with Gasteiger partial charge >= 0.3 is 0 Å². The van der Waals surface area contributed by atoms with E-state index >= 15 is 0 Å². The second-order valence-electron chi connectivity index (χ2n) is 3.45. The van der Waals surface area contributed by atoms with Gasteiger partial charge < -0.3 is 25.2 Å². The minimum atomic E-state index is -1.33. The molecule has 5 atom stereocenters. The number of nitrogens with one attached hydrogen (secondary N) is 1. The molecule has 1 heterocycles. The lowest BCUT2D eigenvalue weighted by Crippen LogP contribution is -2.62. The van der Waals surface area contributed by atoms with Gasteiger partial charge in [0, 0.05) is 6.54 Å². The number of hydrogen-bond acceptors (Lipinski definition) is 6. The molecule has 1 fully saturated rings. The summed E-state index contributed by atoms with van der Waals surface area (Å²) in [5.74, 6) is 0. The van der Waals surface area contributed by atoms with Crippen LogP contribution in [-0.2, 0) is 4.74 Å². The monoisotopic (exact) mass is 219 g/mol. The molecule has 1 aliphatic rings. The molecule has 0 bridgehead atoms. The highest BCUT2D eigenvalue weighted by Crippen LogP contribution is 2.19. The predicted molar refractivity (Wildman–Crippen MR) is 52.0 cm³/mol. The van der Waals surface area contributed by atoms with Gasteiger partial charge in [-0.05, 0) is 0 Å². The zero-order valence-electron chi connectivity index (χ0n) is 8.28. The van der Waals surface area contributed by atoms with Gasteiger partial charge in [-0.2, -0.15) is 0 Å². The summed E-state index contributed by atoms with van der Waals surface area (Å²) in [5.41, 5.74) is 0. The SMILES string of the molecule is C=CCNC1O[C@H](CO)[C@H](O)[C@H](O)[C@H]1O. The van der Waals surface area contributed by atoms with E-state index in [0.29, 0.717) is 6.54 Å². The molecule has 0 radical (unpaired) electrons. The van der Waals surface area contributed by atoms with Crippen LogP contribution in [0.5, 0.6) is 0 Å². The number of ether oxygens (including phenoxy) is 1. The molecule has 0 aromatic heterocycles. The molecular weight excluding hydrogens is 202 g/mol. The minimum Gasteiger partial charge on any atom is -0.394 e. The molecule has 5 N–H and O–H groups in total. The van der Waals surface area contributed by atoms with Crippen LogP contribution in [0, 0.1) is 0 Å². The molecule has 0 saturated carbocycles. The Bertz CT molecular complexity index is 211. The highest BCUT2D eigenvalue weighted by molar-refractivity contribution is 4.91. The summed E-state index contributed by atoms with van der Waals surface area (Å²) in [6.45, 7) is 3.45. The molecule has 0 aromatic carbocycles. The van der Waals surface area contributed by atoms with Gasteiger partial charge in [-0.25, -0.2) is 0 Å². The predicted octanol–water partition coefficient (Wildman–Crippen LogP) is -2.44. The molecule has 15 heavy (non-hydrogen) atoms. The van der Waals surface area contributed by atoms with E-state index in [9.17, 15) is 15.3 Å². The van der Waals surface area contributed by atoms with E-state index in [1.54, 1.807) is 6.08 Å². The summed E-state index contributed by atoms with van der Waals surface area (Å²) in [7, 11) is 0. The lowest BCUT2D eigenvalue weighted by atomic mass is 9.98. The van der Waals surface area contributed by atoms with Gasteiger partial charge in [-0.3, -0.25) is 5.32 Å². The summed E-state index contributed by atoms with van der Waals surface area (Å²) >= 11 is 0. The first kappa shape index (κ1) is 12.6. The van der Waals surface area contributed by atoms with Crippen molar-refractivity contribution in [2.24, 2.45) is 0 Å². The molecule has 1 rings (SSSR count). The van der Waals surface area contributed by atoms with Crippen molar-refractivity contribution in [3.63, 3.8) is 0 Å². The van der Waals surface area contributed by atoms with Crippen molar-refractivity contribution in [1.29, 1.82) is 0 Å². The van der Waals surface area contributed by atoms with Crippen LogP contribution < -0.4 is 5.32 Å². The first-order valence-electron chi connectivity index (χ1n) is 4.76. The lowest BCUT2D eigenvalue weighted by Gasteiger charge is -2.40. The molecule has 0 aromatic rings.